The van der Waals surface area contributed by atoms with Gasteiger partial charge in [-0.15, -0.1) is 0 Å². The van der Waals surface area contributed by atoms with Crippen LogP contribution in [-0.2, 0) is 6.54 Å². The van der Waals surface area contributed by atoms with E-state index in [2.05, 4.69) is 36.0 Å². The van der Waals surface area contributed by atoms with Gasteiger partial charge in [0.15, 0.2) is 5.82 Å². The van der Waals surface area contributed by atoms with Crippen molar-refractivity contribution < 1.29 is 0 Å². The molecule has 1 atom stereocenters. The Labute approximate surface area is 127 Å². The number of rotatable bonds is 6. The largest absolute Gasteiger partial charge is 0.348 e. The quantitative estimate of drug-likeness (QED) is 0.871. The second kappa shape index (κ2) is 7.59. The minimum Gasteiger partial charge on any atom is -0.348 e. The van der Waals surface area contributed by atoms with Gasteiger partial charge in [-0.05, 0) is 25.7 Å². The molecule has 0 saturated carbocycles. The fourth-order valence-corrected chi connectivity index (χ4v) is 2.91. The molecule has 0 spiro atoms. The molecule has 1 aromatic rings. The second-order valence-electron chi connectivity index (χ2n) is 6.16. The van der Waals surface area contributed by atoms with Crippen LogP contribution < -0.4 is 15.8 Å². The minimum absolute atomic E-state index is 0.0517. The van der Waals surface area contributed by atoms with Crippen LogP contribution in [0.15, 0.2) is 17.2 Å². The monoisotopic (exact) mass is 292 g/mol. The molecule has 1 aliphatic rings. The summed E-state index contributed by atoms with van der Waals surface area (Å²) < 4.78 is 1.78. The van der Waals surface area contributed by atoms with E-state index >= 15 is 0 Å². The average Bonchev–Trinajstić information content (AvgIpc) is 2.48. The lowest BCUT2D eigenvalue weighted by atomic mass is 10.0. The highest BCUT2D eigenvalue weighted by atomic mass is 16.1. The number of aryl methyl sites for hydroxylation is 1. The third kappa shape index (κ3) is 4.06. The maximum absolute atomic E-state index is 12.6. The third-order valence-corrected chi connectivity index (χ3v) is 4.02. The van der Waals surface area contributed by atoms with Gasteiger partial charge in [-0.2, -0.15) is 0 Å². The van der Waals surface area contributed by atoms with Crippen molar-refractivity contribution in [2.45, 2.75) is 65.1 Å². The average molecular weight is 292 g/mol. The van der Waals surface area contributed by atoms with E-state index in [-0.39, 0.29) is 5.56 Å². The summed E-state index contributed by atoms with van der Waals surface area (Å²) >= 11 is 0. The summed E-state index contributed by atoms with van der Waals surface area (Å²) in [7, 11) is 0. The normalized spacial score (nSPS) is 19.2. The minimum atomic E-state index is 0.0517. The fourth-order valence-electron chi connectivity index (χ4n) is 2.91. The zero-order valence-corrected chi connectivity index (χ0v) is 13.5. The first-order chi connectivity index (χ1) is 10.1. The Morgan fingerprint density at radius 2 is 2.24 bits per heavy atom. The number of hydrogen-bond acceptors (Lipinski definition) is 4. The molecule has 1 fully saturated rings. The summed E-state index contributed by atoms with van der Waals surface area (Å²) in [6, 6.07) is 0.841. The lowest BCUT2D eigenvalue weighted by molar-refractivity contribution is 0.416. The first-order valence-electron chi connectivity index (χ1n) is 8.19. The van der Waals surface area contributed by atoms with Crippen LogP contribution >= 0.6 is 0 Å². The number of nitrogens with one attached hydrogen (secondary N) is 1. The van der Waals surface area contributed by atoms with Gasteiger partial charge in [0, 0.05) is 44.1 Å². The number of piperidine rings is 1. The summed E-state index contributed by atoms with van der Waals surface area (Å²) in [5.74, 6) is 0.626. The first kappa shape index (κ1) is 16.0. The number of hydrogen-bond donors (Lipinski definition) is 1. The number of aromatic nitrogens is 2. The van der Waals surface area contributed by atoms with Crippen molar-refractivity contribution in [3.8, 4) is 0 Å². The van der Waals surface area contributed by atoms with Crippen LogP contribution in [0, 0.1) is 0 Å². The molecule has 0 bridgehead atoms. The molecule has 0 amide bonds. The van der Waals surface area contributed by atoms with Crippen molar-refractivity contribution >= 4 is 5.82 Å². The molecule has 1 aliphatic heterocycles. The number of nitrogens with zero attached hydrogens (tertiary/aromatic N) is 3. The van der Waals surface area contributed by atoms with Gasteiger partial charge in [0.05, 0.1) is 0 Å². The molecule has 21 heavy (non-hydrogen) atoms. The van der Waals surface area contributed by atoms with E-state index < -0.39 is 0 Å². The summed E-state index contributed by atoms with van der Waals surface area (Å²) in [6.45, 7) is 9.01. The molecule has 1 saturated heterocycles. The molecule has 0 aliphatic carbocycles. The van der Waals surface area contributed by atoms with Crippen molar-refractivity contribution in [2.75, 3.05) is 18.0 Å². The van der Waals surface area contributed by atoms with Crippen molar-refractivity contribution in [3.63, 3.8) is 0 Å². The Morgan fingerprint density at radius 3 is 2.95 bits per heavy atom. The van der Waals surface area contributed by atoms with E-state index in [0.29, 0.717) is 17.9 Å². The van der Waals surface area contributed by atoms with Crippen LogP contribution in [0.3, 0.4) is 0 Å². The Balaban J connectivity index is 2.20. The number of anilines is 1. The molecule has 1 N–H and O–H groups in total. The molecule has 1 unspecified atom stereocenters. The van der Waals surface area contributed by atoms with E-state index in [9.17, 15) is 4.79 Å². The maximum Gasteiger partial charge on any atom is 0.293 e. The van der Waals surface area contributed by atoms with Gasteiger partial charge in [0.25, 0.3) is 5.56 Å². The predicted molar refractivity (Wildman–Crippen MR) is 86.9 cm³/mol. The predicted octanol–water partition coefficient (Wildman–Crippen LogP) is 2.01. The Morgan fingerprint density at radius 1 is 1.43 bits per heavy atom. The lowest BCUT2D eigenvalue weighted by Crippen LogP contribution is -2.49. The SMILES string of the molecule is CCCn1ccnc(N2CCCCC2CNC(C)C)c1=O. The molecule has 2 rings (SSSR count). The highest BCUT2D eigenvalue weighted by Gasteiger charge is 2.25. The van der Waals surface area contributed by atoms with Gasteiger partial charge in [-0.1, -0.05) is 20.8 Å². The van der Waals surface area contributed by atoms with E-state index in [4.69, 9.17) is 0 Å². The molecular weight excluding hydrogens is 264 g/mol. The summed E-state index contributed by atoms with van der Waals surface area (Å²) in [5.41, 5.74) is 0.0517. The molecule has 0 aromatic carbocycles. The van der Waals surface area contributed by atoms with Crippen LogP contribution in [0.2, 0.25) is 0 Å². The van der Waals surface area contributed by atoms with Gasteiger partial charge < -0.3 is 14.8 Å². The van der Waals surface area contributed by atoms with Crippen LogP contribution in [0.5, 0.6) is 0 Å². The van der Waals surface area contributed by atoms with Crippen molar-refractivity contribution in [2.24, 2.45) is 0 Å². The van der Waals surface area contributed by atoms with E-state index in [0.717, 1.165) is 38.9 Å². The van der Waals surface area contributed by atoms with E-state index in [1.54, 1.807) is 17.0 Å². The van der Waals surface area contributed by atoms with Crippen molar-refractivity contribution in [1.29, 1.82) is 0 Å². The maximum atomic E-state index is 12.6. The van der Waals surface area contributed by atoms with Gasteiger partial charge in [0.1, 0.15) is 0 Å². The Kier molecular flexibility index (Phi) is 5.79. The zero-order valence-electron chi connectivity index (χ0n) is 13.5. The van der Waals surface area contributed by atoms with Crippen LogP contribution in [0.1, 0.15) is 46.5 Å². The van der Waals surface area contributed by atoms with Gasteiger partial charge in [0.2, 0.25) is 0 Å². The second-order valence-corrected chi connectivity index (χ2v) is 6.16. The van der Waals surface area contributed by atoms with Gasteiger partial charge >= 0.3 is 0 Å². The zero-order chi connectivity index (χ0) is 15.2. The summed E-state index contributed by atoms with van der Waals surface area (Å²) in [6.07, 6.45) is 8.01. The van der Waals surface area contributed by atoms with Crippen LogP contribution in [0.25, 0.3) is 0 Å². The fraction of sp³-hybridized carbons (Fsp3) is 0.750. The third-order valence-electron chi connectivity index (χ3n) is 4.02. The lowest BCUT2D eigenvalue weighted by Gasteiger charge is -2.36. The van der Waals surface area contributed by atoms with Crippen molar-refractivity contribution in [3.05, 3.63) is 22.7 Å². The summed E-state index contributed by atoms with van der Waals surface area (Å²) in [4.78, 5) is 19.2. The smallest absolute Gasteiger partial charge is 0.293 e. The van der Waals surface area contributed by atoms with E-state index in [1.165, 1.54) is 6.42 Å². The Hall–Kier alpha value is -1.36. The van der Waals surface area contributed by atoms with Gasteiger partial charge in [-0.3, -0.25) is 4.79 Å². The highest BCUT2D eigenvalue weighted by molar-refractivity contribution is 5.38. The van der Waals surface area contributed by atoms with Crippen LogP contribution in [-0.4, -0.2) is 34.7 Å². The van der Waals surface area contributed by atoms with Crippen LogP contribution in [0.4, 0.5) is 5.82 Å². The van der Waals surface area contributed by atoms with Crippen molar-refractivity contribution in [1.82, 2.24) is 14.9 Å². The molecule has 118 valence electrons. The topological polar surface area (TPSA) is 50.2 Å². The molecular formula is C16H28N4O. The molecule has 5 heteroatoms. The highest BCUT2D eigenvalue weighted by Crippen LogP contribution is 2.20. The van der Waals surface area contributed by atoms with Gasteiger partial charge in [-0.25, -0.2) is 4.98 Å². The molecule has 1 aromatic heterocycles. The van der Waals surface area contributed by atoms with E-state index in [1.807, 2.05) is 0 Å². The molecule has 5 nitrogen and oxygen atoms in total. The molecule has 0 radical (unpaired) electrons. The molecule has 2 heterocycles. The standard InChI is InChI=1S/C16H28N4O/c1-4-9-19-11-8-17-15(16(19)21)20-10-6-5-7-14(20)12-18-13(2)3/h8,11,13-14,18H,4-7,9-10,12H2,1-3H3. The summed E-state index contributed by atoms with van der Waals surface area (Å²) in [5, 5.41) is 3.50. The first-order valence-corrected chi connectivity index (χ1v) is 8.19. The Bertz CT molecular complexity index is 497.